The Balaban J connectivity index is 2.37. The van der Waals surface area contributed by atoms with Crippen LogP contribution in [0, 0.1) is 20.8 Å². The third-order valence-corrected chi connectivity index (χ3v) is 3.96. The van der Waals surface area contributed by atoms with Gasteiger partial charge in [0.15, 0.2) is 0 Å². The maximum absolute atomic E-state index is 6.13. The van der Waals surface area contributed by atoms with E-state index in [4.69, 9.17) is 4.74 Å². The molecule has 0 fully saturated rings. The average Bonchev–Trinajstić information content (AvgIpc) is 2.47. The standard InChI is InChI=1S/C17H21BrN2O/c1-5-19-9-14-8-15(18)10-20-17(14)21-16-12(3)7-6-11(2)13(16)4/h6-8,10,19H,5,9H2,1-4H3. The minimum atomic E-state index is 0.663. The highest BCUT2D eigenvalue weighted by Gasteiger charge is 2.12. The van der Waals surface area contributed by atoms with Crippen molar-refractivity contribution in [2.75, 3.05) is 6.54 Å². The Morgan fingerprint density at radius 3 is 2.62 bits per heavy atom. The summed E-state index contributed by atoms with van der Waals surface area (Å²) in [5.74, 6) is 1.57. The van der Waals surface area contributed by atoms with E-state index < -0.39 is 0 Å². The zero-order valence-corrected chi connectivity index (χ0v) is 14.5. The smallest absolute Gasteiger partial charge is 0.223 e. The molecule has 1 N–H and O–H groups in total. The van der Waals surface area contributed by atoms with E-state index in [0.717, 1.165) is 40.0 Å². The van der Waals surface area contributed by atoms with Crippen LogP contribution in [0.1, 0.15) is 29.2 Å². The highest BCUT2D eigenvalue weighted by atomic mass is 79.9. The number of aromatic nitrogens is 1. The molecule has 0 amide bonds. The van der Waals surface area contributed by atoms with Crippen LogP contribution in [-0.4, -0.2) is 11.5 Å². The Labute approximate surface area is 134 Å². The molecule has 0 unspecified atom stereocenters. The van der Waals surface area contributed by atoms with E-state index in [-0.39, 0.29) is 0 Å². The van der Waals surface area contributed by atoms with Gasteiger partial charge >= 0.3 is 0 Å². The van der Waals surface area contributed by atoms with E-state index >= 15 is 0 Å². The summed E-state index contributed by atoms with van der Waals surface area (Å²) in [5, 5.41) is 3.32. The van der Waals surface area contributed by atoms with Gasteiger partial charge in [0.2, 0.25) is 5.88 Å². The quantitative estimate of drug-likeness (QED) is 0.852. The summed E-state index contributed by atoms with van der Waals surface area (Å²) in [7, 11) is 0. The first-order chi connectivity index (χ1) is 10.0. The van der Waals surface area contributed by atoms with Gasteiger partial charge in [-0.05, 0) is 66.0 Å². The molecule has 3 nitrogen and oxygen atoms in total. The van der Waals surface area contributed by atoms with Gasteiger partial charge in [0, 0.05) is 22.8 Å². The van der Waals surface area contributed by atoms with E-state index in [2.05, 4.69) is 66.1 Å². The van der Waals surface area contributed by atoms with Crippen LogP contribution in [0.15, 0.2) is 28.9 Å². The number of halogens is 1. The summed E-state index contributed by atoms with van der Waals surface area (Å²) in [4.78, 5) is 4.43. The molecular formula is C17H21BrN2O. The van der Waals surface area contributed by atoms with Gasteiger partial charge in [0.1, 0.15) is 5.75 Å². The van der Waals surface area contributed by atoms with E-state index in [0.29, 0.717) is 5.88 Å². The van der Waals surface area contributed by atoms with Crippen LogP contribution in [0.25, 0.3) is 0 Å². The number of hydrogen-bond donors (Lipinski definition) is 1. The first-order valence-corrected chi connectivity index (χ1v) is 7.92. The summed E-state index contributed by atoms with van der Waals surface area (Å²) < 4.78 is 7.09. The SMILES string of the molecule is CCNCc1cc(Br)cnc1Oc1c(C)ccc(C)c1C. The number of hydrogen-bond acceptors (Lipinski definition) is 3. The highest BCUT2D eigenvalue weighted by Crippen LogP contribution is 2.32. The van der Waals surface area contributed by atoms with E-state index in [1.807, 2.05) is 6.07 Å². The Bertz CT molecular complexity index is 641. The molecule has 112 valence electrons. The fraction of sp³-hybridized carbons (Fsp3) is 0.353. The number of ether oxygens (including phenoxy) is 1. The summed E-state index contributed by atoms with van der Waals surface area (Å²) in [6.07, 6.45) is 1.77. The van der Waals surface area contributed by atoms with Crippen LogP contribution in [0.5, 0.6) is 11.6 Å². The predicted molar refractivity (Wildman–Crippen MR) is 90.0 cm³/mol. The van der Waals surface area contributed by atoms with Gasteiger partial charge in [-0.25, -0.2) is 4.98 Å². The summed E-state index contributed by atoms with van der Waals surface area (Å²) >= 11 is 3.47. The zero-order chi connectivity index (χ0) is 15.4. The van der Waals surface area contributed by atoms with Crippen molar-refractivity contribution < 1.29 is 4.74 Å². The van der Waals surface area contributed by atoms with Crippen molar-refractivity contribution in [3.8, 4) is 11.6 Å². The second-order valence-electron chi connectivity index (χ2n) is 5.15. The molecule has 0 saturated carbocycles. The molecule has 0 saturated heterocycles. The Morgan fingerprint density at radius 1 is 1.19 bits per heavy atom. The van der Waals surface area contributed by atoms with E-state index in [1.165, 1.54) is 5.56 Å². The lowest BCUT2D eigenvalue weighted by molar-refractivity contribution is 0.446. The Kier molecular flexibility index (Phi) is 5.37. The molecule has 0 radical (unpaired) electrons. The molecule has 1 aromatic carbocycles. The molecule has 2 aromatic rings. The van der Waals surface area contributed by atoms with Crippen molar-refractivity contribution in [3.05, 3.63) is 51.1 Å². The number of pyridine rings is 1. The molecule has 1 heterocycles. The Hall–Kier alpha value is -1.39. The molecular weight excluding hydrogens is 328 g/mol. The van der Waals surface area contributed by atoms with Crippen LogP contribution in [0.3, 0.4) is 0 Å². The fourth-order valence-electron chi connectivity index (χ4n) is 2.13. The van der Waals surface area contributed by atoms with Gasteiger partial charge in [0.05, 0.1) is 0 Å². The average molecular weight is 349 g/mol. The van der Waals surface area contributed by atoms with Gasteiger partial charge in [-0.2, -0.15) is 0 Å². The molecule has 0 bridgehead atoms. The topological polar surface area (TPSA) is 34.2 Å². The monoisotopic (exact) mass is 348 g/mol. The molecule has 0 atom stereocenters. The molecule has 4 heteroatoms. The number of nitrogens with zero attached hydrogens (tertiary/aromatic N) is 1. The second-order valence-corrected chi connectivity index (χ2v) is 6.07. The largest absolute Gasteiger partial charge is 0.438 e. The van der Waals surface area contributed by atoms with Crippen molar-refractivity contribution in [2.45, 2.75) is 34.2 Å². The molecule has 0 aliphatic rings. The van der Waals surface area contributed by atoms with Gasteiger partial charge in [0.25, 0.3) is 0 Å². The minimum Gasteiger partial charge on any atom is -0.438 e. The molecule has 0 aliphatic carbocycles. The lowest BCUT2D eigenvalue weighted by Gasteiger charge is -2.15. The molecule has 21 heavy (non-hydrogen) atoms. The third-order valence-electron chi connectivity index (χ3n) is 3.53. The van der Waals surface area contributed by atoms with E-state index in [9.17, 15) is 0 Å². The lowest BCUT2D eigenvalue weighted by atomic mass is 10.1. The molecule has 0 spiro atoms. The molecule has 0 aliphatic heterocycles. The van der Waals surface area contributed by atoms with Crippen molar-refractivity contribution in [1.29, 1.82) is 0 Å². The normalized spacial score (nSPS) is 10.7. The van der Waals surface area contributed by atoms with Crippen LogP contribution >= 0.6 is 15.9 Å². The Morgan fingerprint density at radius 2 is 1.90 bits per heavy atom. The van der Waals surface area contributed by atoms with Gasteiger partial charge in [-0.1, -0.05) is 19.1 Å². The molecule has 1 aromatic heterocycles. The second kappa shape index (κ2) is 7.05. The van der Waals surface area contributed by atoms with Crippen LogP contribution in [0.4, 0.5) is 0 Å². The van der Waals surface area contributed by atoms with Crippen molar-refractivity contribution in [2.24, 2.45) is 0 Å². The van der Waals surface area contributed by atoms with Crippen molar-refractivity contribution in [3.63, 3.8) is 0 Å². The highest BCUT2D eigenvalue weighted by molar-refractivity contribution is 9.10. The summed E-state index contributed by atoms with van der Waals surface area (Å²) in [6.45, 7) is 9.97. The first kappa shape index (κ1) is 16.0. The van der Waals surface area contributed by atoms with Gasteiger partial charge in [-0.15, -0.1) is 0 Å². The van der Waals surface area contributed by atoms with Crippen molar-refractivity contribution in [1.82, 2.24) is 10.3 Å². The number of rotatable bonds is 5. The number of nitrogens with one attached hydrogen (secondary N) is 1. The third kappa shape index (κ3) is 3.83. The van der Waals surface area contributed by atoms with Crippen LogP contribution < -0.4 is 10.1 Å². The van der Waals surface area contributed by atoms with E-state index in [1.54, 1.807) is 6.20 Å². The molecule has 2 rings (SSSR count). The first-order valence-electron chi connectivity index (χ1n) is 7.12. The number of aryl methyl sites for hydroxylation is 2. The fourth-order valence-corrected chi connectivity index (χ4v) is 2.50. The van der Waals surface area contributed by atoms with Crippen LogP contribution in [0.2, 0.25) is 0 Å². The summed E-state index contributed by atoms with van der Waals surface area (Å²) in [6, 6.07) is 6.25. The van der Waals surface area contributed by atoms with Crippen LogP contribution in [-0.2, 0) is 6.54 Å². The number of benzene rings is 1. The maximum atomic E-state index is 6.13. The zero-order valence-electron chi connectivity index (χ0n) is 13.0. The van der Waals surface area contributed by atoms with Crippen molar-refractivity contribution >= 4 is 15.9 Å². The maximum Gasteiger partial charge on any atom is 0.223 e. The van der Waals surface area contributed by atoms with Gasteiger partial charge < -0.3 is 10.1 Å². The van der Waals surface area contributed by atoms with Gasteiger partial charge in [-0.3, -0.25) is 0 Å². The minimum absolute atomic E-state index is 0.663. The predicted octanol–water partition coefficient (Wildman–Crippen LogP) is 4.67. The summed E-state index contributed by atoms with van der Waals surface area (Å²) in [5.41, 5.74) is 4.55. The lowest BCUT2D eigenvalue weighted by Crippen LogP contribution is -2.13.